The second-order valence-electron chi connectivity index (χ2n) is 4.88. The van der Waals surface area contributed by atoms with Gasteiger partial charge in [0.25, 0.3) is 0 Å². The number of aryl methyl sites for hydroxylation is 3. The minimum Gasteiger partial charge on any atom is -0.146 e. The highest BCUT2D eigenvalue weighted by molar-refractivity contribution is 9.09. The number of halogens is 2. The highest BCUT2D eigenvalue weighted by Gasteiger charge is 2.21. The molecule has 0 amide bonds. The van der Waals surface area contributed by atoms with Crippen molar-refractivity contribution in [2.45, 2.75) is 44.9 Å². The van der Waals surface area contributed by atoms with E-state index >= 15 is 0 Å². The number of hydrogen-bond acceptors (Lipinski definition) is 1. The molecule has 1 atom stereocenters. The number of alkyl halides is 1. The first-order chi connectivity index (χ1) is 9.62. The van der Waals surface area contributed by atoms with E-state index in [1.807, 2.05) is 6.07 Å². The summed E-state index contributed by atoms with van der Waals surface area (Å²) in [6.45, 7) is 6.68. The van der Waals surface area contributed by atoms with Crippen LogP contribution in [0.3, 0.4) is 0 Å². The summed E-state index contributed by atoms with van der Waals surface area (Å²) >= 11 is 11.9. The Kier molecular flexibility index (Phi) is 5.71. The van der Waals surface area contributed by atoms with Crippen LogP contribution in [0.2, 0.25) is 5.02 Å². The molecular weight excluding hydrogens is 352 g/mol. The highest BCUT2D eigenvalue weighted by Crippen LogP contribution is 2.42. The Hall–Kier alpha value is -0.310. The van der Waals surface area contributed by atoms with Gasteiger partial charge >= 0.3 is 0 Å². The molecule has 108 valence electrons. The van der Waals surface area contributed by atoms with Gasteiger partial charge in [-0.15, -0.1) is 11.3 Å². The summed E-state index contributed by atoms with van der Waals surface area (Å²) in [6, 6.07) is 6.68. The van der Waals surface area contributed by atoms with E-state index in [1.165, 1.54) is 27.1 Å². The molecule has 0 nitrogen and oxygen atoms in total. The first-order valence-electron chi connectivity index (χ1n) is 7.13. The molecule has 0 spiro atoms. The zero-order valence-corrected chi connectivity index (χ0v) is 15.3. The third-order valence-corrected chi connectivity index (χ3v) is 6.35. The van der Waals surface area contributed by atoms with Gasteiger partial charge in [-0.25, -0.2) is 0 Å². The van der Waals surface area contributed by atoms with Crippen molar-refractivity contribution in [3.8, 4) is 0 Å². The average Bonchev–Trinajstić information content (AvgIpc) is 2.91. The van der Waals surface area contributed by atoms with Gasteiger partial charge in [0, 0.05) is 4.88 Å². The minimum atomic E-state index is 0.200. The summed E-state index contributed by atoms with van der Waals surface area (Å²) < 4.78 is 0. The Labute approximate surface area is 139 Å². The molecule has 20 heavy (non-hydrogen) atoms. The Balaban J connectivity index is 2.57. The van der Waals surface area contributed by atoms with Crippen LogP contribution in [0.25, 0.3) is 0 Å². The van der Waals surface area contributed by atoms with E-state index in [9.17, 15) is 0 Å². The normalized spacial score (nSPS) is 12.7. The fourth-order valence-electron chi connectivity index (χ4n) is 2.58. The Morgan fingerprint density at radius 1 is 1.10 bits per heavy atom. The van der Waals surface area contributed by atoms with Crippen LogP contribution < -0.4 is 0 Å². The second kappa shape index (κ2) is 7.11. The van der Waals surface area contributed by atoms with Crippen molar-refractivity contribution in [3.05, 3.63) is 55.7 Å². The van der Waals surface area contributed by atoms with Crippen molar-refractivity contribution in [2.24, 2.45) is 0 Å². The molecule has 2 aromatic rings. The van der Waals surface area contributed by atoms with Gasteiger partial charge in [-0.3, -0.25) is 0 Å². The third-order valence-electron chi connectivity index (χ3n) is 3.71. The largest absolute Gasteiger partial charge is 0.146 e. The van der Waals surface area contributed by atoms with Crippen LogP contribution in [0, 0.1) is 0 Å². The minimum absolute atomic E-state index is 0.200. The standard InChI is InChI=1S/C17H20BrClS/c1-4-11-9-12(5-2)15(13(6-3)10-11)16(18)17-14(19)7-8-20-17/h7-10,16H,4-6H2,1-3H3. The smallest absolute Gasteiger partial charge is 0.0758 e. The lowest BCUT2D eigenvalue weighted by molar-refractivity contribution is 0.981. The molecule has 0 aliphatic heterocycles. The monoisotopic (exact) mass is 370 g/mol. The lowest BCUT2D eigenvalue weighted by Gasteiger charge is -2.20. The topological polar surface area (TPSA) is 0 Å². The molecule has 3 heteroatoms. The maximum atomic E-state index is 6.31. The molecule has 0 aliphatic carbocycles. The lowest BCUT2D eigenvalue weighted by Crippen LogP contribution is -2.04. The summed E-state index contributed by atoms with van der Waals surface area (Å²) in [7, 11) is 0. The van der Waals surface area contributed by atoms with Gasteiger partial charge in [-0.1, -0.05) is 60.4 Å². The van der Waals surface area contributed by atoms with E-state index < -0.39 is 0 Å². The lowest BCUT2D eigenvalue weighted by atomic mass is 9.91. The fourth-order valence-corrected chi connectivity index (χ4v) is 5.02. The van der Waals surface area contributed by atoms with E-state index in [1.54, 1.807) is 11.3 Å². The predicted octanol–water partition coefficient (Wildman–Crippen LogP) is 6.57. The van der Waals surface area contributed by atoms with Crippen LogP contribution in [-0.2, 0) is 19.3 Å². The third kappa shape index (κ3) is 3.13. The summed E-state index contributed by atoms with van der Waals surface area (Å²) in [4.78, 5) is 1.41. The van der Waals surface area contributed by atoms with Crippen LogP contribution in [0.4, 0.5) is 0 Å². The van der Waals surface area contributed by atoms with Gasteiger partial charge < -0.3 is 0 Å². The Bertz CT molecular complexity index is 563. The molecule has 2 rings (SSSR count). The molecule has 0 saturated heterocycles. The fraction of sp³-hybridized carbons (Fsp3) is 0.412. The van der Waals surface area contributed by atoms with E-state index in [-0.39, 0.29) is 4.83 Å². The van der Waals surface area contributed by atoms with E-state index in [2.05, 4.69) is 54.2 Å². The van der Waals surface area contributed by atoms with E-state index in [0.29, 0.717) is 0 Å². The Morgan fingerprint density at radius 3 is 2.10 bits per heavy atom. The van der Waals surface area contributed by atoms with Crippen LogP contribution in [0.1, 0.15) is 52.7 Å². The molecule has 1 heterocycles. The van der Waals surface area contributed by atoms with Crippen LogP contribution >= 0.6 is 38.9 Å². The van der Waals surface area contributed by atoms with Gasteiger partial charge in [-0.05, 0) is 53.0 Å². The van der Waals surface area contributed by atoms with Gasteiger partial charge in [0.1, 0.15) is 0 Å². The van der Waals surface area contributed by atoms with E-state index in [0.717, 1.165) is 24.3 Å². The maximum Gasteiger partial charge on any atom is 0.0758 e. The zero-order valence-electron chi connectivity index (χ0n) is 12.2. The number of hydrogen-bond donors (Lipinski definition) is 0. The van der Waals surface area contributed by atoms with Crippen LogP contribution in [0.5, 0.6) is 0 Å². The van der Waals surface area contributed by atoms with Crippen LogP contribution in [0.15, 0.2) is 23.6 Å². The van der Waals surface area contributed by atoms with Crippen molar-refractivity contribution in [2.75, 3.05) is 0 Å². The predicted molar refractivity (Wildman–Crippen MR) is 94.7 cm³/mol. The molecule has 0 N–H and O–H groups in total. The molecule has 1 unspecified atom stereocenters. The SMILES string of the molecule is CCc1cc(CC)c(C(Br)c2sccc2Cl)c(CC)c1. The zero-order chi connectivity index (χ0) is 14.7. The molecule has 0 fully saturated rings. The summed E-state index contributed by atoms with van der Waals surface area (Å²) in [6.07, 6.45) is 3.20. The first-order valence-corrected chi connectivity index (χ1v) is 9.31. The van der Waals surface area contributed by atoms with Crippen molar-refractivity contribution >= 4 is 38.9 Å². The van der Waals surface area contributed by atoms with Crippen molar-refractivity contribution < 1.29 is 0 Å². The van der Waals surface area contributed by atoms with Crippen molar-refractivity contribution in [1.82, 2.24) is 0 Å². The average molecular weight is 372 g/mol. The van der Waals surface area contributed by atoms with Gasteiger partial charge in [-0.2, -0.15) is 0 Å². The summed E-state index contributed by atoms with van der Waals surface area (Å²) in [5, 5.41) is 2.92. The quantitative estimate of drug-likeness (QED) is 0.521. The molecule has 0 radical (unpaired) electrons. The van der Waals surface area contributed by atoms with Gasteiger partial charge in [0.15, 0.2) is 0 Å². The summed E-state index contributed by atoms with van der Waals surface area (Å²) in [5.41, 5.74) is 5.72. The molecule has 0 aliphatic rings. The molecular formula is C17H20BrClS. The highest BCUT2D eigenvalue weighted by atomic mass is 79.9. The summed E-state index contributed by atoms with van der Waals surface area (Å²) in [5.74, 6) is 0. The molecule has 0 bridgehead atoms. The molecule has 1 aromatic carbocycles. The molecule has 0 saturated carbocycles. The number of rotatable bonds is 5. The van der Waals surface area contributed by atoms with Crippen molar-refractivity contribution in [3.63, 3.8) is 0 Å². The molecule has 1 aromatic heterocycles. The van der Waals surface area contributed by atoms with Gasteiger partial charge in [0.05, 0.1) is 9.85 Å². The Morgan fingerprint density at radius 2 is 1.70 bits per heavy atom. The van der Waals surface area contributed by atoms with Gasteiger partial charge in [0.2, 0.25) is 0 Å². The maximum absolute atomic E-state index is 6.31. The second-order valence-corrected chi connectivity index (χ2v) is 7.15. The van der Waals surface area contributed by atoms with Crippen LogP contribution in [-0.4, -0.2) is 0 Å². The first kappa shape index (κ1) is 16.1. The number of thiophene rings is 1. The number of benzene rings is 1. The van der Waals surface area contributed by atoms with E-state index in [4.69, 9.17) is 11.6 Å². The van der Waals surface area contributed by atoms with Crippen molar-refractivity contribution in [1.29, 1.82) is 0 Å².